The van der Waals surface area contributed by atoms with Gasteiger partial charge in [0.15, 0.2) is 5.71 Å². The second-order valence-electron chi connectivity index (χ2n) is 12.6. The average molecular weight is 590 g/mol. The Labute approximate surface area is 259 Å². The lowest BCUT2D eigenvalue weighted by molar-refractivity contribution is -0.401. The molecule has 6 nitrogen and oxygen atoms in total. The van der Waals surface area contributed by atoms with Crippen LogP contribution >= 0.6 is 11.8 Å². The molecule has 0 atom stereocenters. The fourth-order valence-electron chi connectivity index (χ4n) is 6.85. The Morgan fingerprint density at radius 1 is 0.860 bits per heavy atom. The van der Waals surface area contributed by atoms with Crippen LogP contribution in [0.4, 0.5) is 11.4 Å². The third kappa shape index (κ3) is 5.14. The van der Waals surface area contributed by atoms with E-state index in [0.717, 1.165) is 24.4 Å². The number of rotatable bonds is 6. The normalized spacial score (nSPS) is 21.2. The number of aryl methyl sites for hydroxylation is 1. The summed E-state index contributed by atoms with van der Waals surface area (Å²) in [6.45, 7) is 9.24. The highest BCUT2D eigenvalue weighted by atomic mass is 32.2. The maximum absolute atomic E-state index is 4.30. The van der Waals surface area contributed by atoms with E-state index < -0.39 is 0 Å². The quantitative estimate of drug-likeness (QED) is 0.275. The minimum Gasteiger partial charge on any atom is -0.347 e. The summed E-state index contributed by atoms with van der Waals surface area (Å²) in [7, 11) is 6.24. The van der Waals surface area contributed by atoms with Gasteiger partial charge in [-0.2, -0.15) is 4.58 Å². The largest absolute Gasteiger partial charge is 0.347 e. The van der Waals surface area contributed by atoms with Crippen molar-refractivity contribution in [2.24, 2.45) is 7.05 Å². The molecule has 1 aromatic heterocycles. The van der Waals surface area contributed by atoms with Crippen molar-refractivity contribution in [2.45, 2.75) is 62.9 Å². The van der Waals surface area contributed by atoms with Crippen LogP contribution in [-0.4, -0.2) is 44.6 Å². The molecule has 6 rings (SSSR count). The molecule has 2 aromatic carbocycles. The number of hydrogen-bond acceptors (Lipinski definition) is 5. The molecular formula is C36H41N6S+. The van der Waals surface area contributed by atoms with E-state index in [9.17, 15) is 0 Å². The van der Waals surface area contributed by atoms with Gasteiger partial charge in [0, 0.05) is 53.5 Å². The second-order valence-corrected chi connectivity index (χ2v) is 13.6. The molecule has 3 aliphatic rings. The predicted molar refractivity (Wildman–Crippen MR) is 178 cm³/mol. The first-order valence-corrected chi connectivity index (χ1v) is 15.9. The molecule has 0 bridgehead atoms. The minimum absolute atomic E-state index is 0.0384. The molecule has 0 amide bonds. The van der Waals surface area contributed by atoms with Crippen LogP contribution in [0.3, 0.4) is 0 Å². The third-order valence-corrected chi connectivity index (χ3v) is 10.5. The molecule has 7 heteroatoms. The lowest BCUT2D eigenvalue weighted by atomic mass is 9.81. The summed E-state index contributed by atoms with van der Waals surface area (Å²) >= 11 is 1.67. The first-order chi connectivity index (χ1) is 20.6. The first kappa shape index (κ1) is 29.1. The summed E-state index contributed by atoms with van der Waals surface area (Å²) < 4.78 is 4.09. The van der Waals surface area contributed by atoms with Crippen LogP contribution in [0.5, 0.6) is 0 Å². The molecule has 3 heterocycles. The lowest BCUT2D eigenvalue weighted by Gasteiger charge is -2.23. The zero-order chi connectivity index (χ0) is 30.4. The molecule has 0 spiro atoms. The van der Waals surface area contributed by atoms with Crippen LogP contribution < -0.4 is 4.90 Å². The van der Waals surface area contributed by atoms with Gasteiger partial charge in [0.05, 0.1) is 5.41 Å². The van der Waals surface area contributed by atoms with Crippen molar-refractivity contribution >= 4 is 28.8 Å². The fraction of sp³-hybridized carbons (Fsp3) is 0.333. The first-order valence-electron chi connectivity index (χ1n) is 15.0. The van der Waals surface area contributed by atoms with Crippen molar-refractivity contribution in [1.82, 2.24) is 20.2 Å². The van der Waals surface area contributed by atoms with Crippen LogP contribution in [0, 0.1) is 0 Å². The van der Waals surface area contributed by atoms with E-state index in [0.29, 0.717) is 0 Å². The number of anilines is 1. The molecule has 1 aliphatic carbocycles. The Balaban J connectivity index is 1.34. The van der Waals surface area contributed by atoms with Gasteiger partial charge in [-0.15, -0.1) is 5.10 Å². The van der Waals surface area contributed by atoms with Crippen molar-refractivity contribution in [2.75, 3.05) is 19.0 Å². The Hall–Kier alpha value is -3.97. The highest BCUT2D eigenvalue weighted by Gasteiger charge is 2.42. The van der Waals surface area contributed by atoms with E-state index >= 15 is 0 Å². The van der Waals surface area contributed by atoms with Gasteiger partial charge < -0.3 is 4.90 Å². The van der Waals surface area contributed by atoms with Crippen molar-refractivity contribution in [3.8, 4) is 0 Å². The van der Waals surface area contributed by atoms with Crippen LogP contribution in [0.15, 0.2) is 112 Å². The molecule has 0 radical (unpaired) electrons. The van der Waals surface area contributed by atoms with Crippen LogP contribution in [0.2, 0.25) is 0 Å². The van der Waals surface area contributed by atoms with E-state index in [2.05, 4.69) is 152 Å². The van der Waals surface area contributed by atoms with Gasteiger partial charge in [-0.3, -0.25) is 0 Å². The Morgan fingerprint density at radius 3 is 2.30 bits per heavy atom. The summed E-state index contributed by atoms with van der Waals surface area (Å²) in [6, 6.07) is 17.4. The zero-order valence-corrected chi connectivity index (χ0v) is 27.1. The van der Waals surface area contributed by atoms with Crippen molar-refractivity contribution < 1.29 is 4.58 Å². The van der Waals surface area contributed by atoms with E-state index in [1.807, 2.05) is 7.05 Å². The van der Waals surface area contributed by atoms with Crippen LogP contribution in [-0.2, 0) is 17.9 Å². The number of tetrazole rings is 1. The van der Waals surface area contributed by atoms with Gasteiger partial charge in [-0.05, 0) is 84.2 Å². The molecule has 43 heavy (non-hydrogen) atoms. The third-order valence-electron chi connectivity index (χ3n) is 9.24. The SMILES string of the molecule is CN1/C(=C/C=C/C=C2\CCCC(/C=C/C3=[N+](C)c4ccccc4C3(C)C)=C2Sc2nnnn2C)C(C)(C)c2ccccc21. The van der Waals surface area contributed by atoms with Gasteiger partial charge in [0.25, 0.3) is 0 Å². The van der Waals surface area contributed by atoms with Crippen molar-refractivity contribution in [3.05, 3.63) is 118 Å². The van der Waals surface area contributed by atoms with Gasteiger partial charge in [0.1, 0.15) is 7.05 Å². The maximum Gasteiger partial charge on any atom is 0.213 e. The number of nitrogens with zero attached hydrogens (tertiary/aromatic N) is 6. The molecular weight excluding hydrogens is 549 g/mol. The number of para-hydroxylation sites is 2. The van der Waals surface area contributed by atoms with E-state index in [1.165, 1.54) is 50.0 Å². The van der Waals surface area contributed by atoms with E-state index in [-0.39, 0.29) is 10.8 Å². The number of benzene rings is 2. The summed E-state index contributed by atoms with van der Waals surface area (Å²) in [5.41, 5.74) is 10.5. The molecule has 3 aromatic rings. The topological polar surface area (TPSA) is 49.9 Å². The number of allylic oxidation sites excluding steroid dienone is 9. The Morgan fingerprint density at radius 2 is 1.58 bits per heavy atom. The number of aromatic nitrogens is 4. The fourth-order valence-corrected chi connectivity index (χ4v) is 7.88. The van der Waals surface area contributed by atoms with E-state index in [1.54, 1.807) is 16.4 Å². The Bertz CT molecular complexity index is 1760. The molecule has 0 unspecified atom stereocenters. The molecule has 2 aliphatic heterocycles. The summed E-state index contributed by atoms with van der Waals surface area (Å²) in [6.07, 6.45) is 16.7. The van der Waals surface area contributed by atoms with Gasteiger partial charge in [-0.25, -0.2) is 4.68 Å². The number of thioether (sulfide) groups is 1. The van der Waals surface area contributed by atoms with Gasteiger partial charge in [-0.1, -0.05) is 74.5 Å². The highest BCUT2D eigenvalue weighted by molar-refractivity contribution is 8.03. The summed E-state index contributed by atoms with van der Waals surface area (Å²) in [5.74, 6) is 0. The second kappa shape index (κ2) is 11.3. The monoisotopic (exact) mass is 589 g/mol. The standard InChI is InChI=1S/C36H41N6S/c1-35(2)27-18-9-11-20-29(27)40(5)31(35)22-13-8-15-25-16-14-17-26(33(25)43-34-37-38-39-42(34)7)23-24-32-36(3,4)28-19-10-12-21-30(28)41(32)6/h8-13,15,18-24H,14,16-17H2,1-7H3/q+1. The highest BCUT2D eigenvalue weighted by Crippen LogP contribution is 2.47. The maximum atomic E-state index is 4.30. The Kier molecular flexibility index (Phi) is 7.63. The molecule has 220 valence electrons. The van der Waals surface area contributed by atoms with Crippen molar-refractivity contribution in [3.63, 3.8) is 0 Å². The zero-order valence-electron chi connectivity index (χ0n) is 26.3. The number of likely N-dealkylation sites (N-methyl/N-ethyl adjacent to an activating group) is 1. The molecule has 0 N–H and O–H groups in total. The number of fused-ring (bicyclic) bond motifs is 2. The van der Waals surface area contributed by atoms with Gasteiger partial charge in [0.2, 0.25) is 10.8 Å². The summed E-state index contributed by atoms with van der Waals surface area (Å²) in [4.78, 5) is 3.57. The average Bonchev–Trinajstić information content (AvgIpc) is 3.55. The smallest absolute Gasteiger partial charge is 0.213 e. The summed E-state index contributed by atoms with van der Waals surface area (Å²) in [5, 5.41) is 13.1. The van der Waals surface area contributed by atoms with Crippen LogP contribution in [0.25, 0.3) is 0 Å². The van der Waals surface area contributed by atoms with Crippen molar-refractivity contribution in [1.29, 1.82) is 0 Å². The minimum atomic E-state index is -0.0619. The predicted octanol–water partition coefficient (Wildman–Crippen LogP) is 7.80. The number of hydrogen-bond donors (Lipinski definition) is 0. The van der Waals surface area contributed by atoms with E-state index in [4.69, 9.17) is 0 Å². The molecule has 0 fully saturated rings. The lowest BCUT2D eigenvalue weighted by Crippen LogP contribution is -2.26. The van der Waals surface area contributed by atoms with Gasteiger partial charge >= 0.3 is 0 Å². The molecule has 0 saturated heterocycles. The molecule has 0 saturated carbocycles. The van der Waals surface area contributed by atoms with Crippen LogP contribution in [0.1, 0.15) is 58.1 Å².